The maximum atomic E-state index is 13.0. The van der Waals surface area contributed by atoms with Crippen molar-refractivity contribution in [1.82, 2.24) is 4.72 Å². The zero-order chi connectivity index (χ0) is 15.5. The number of sulfonamides is 1. The van der Waals surface area contributed by atoms with Crippen LogP contribution in [0.5, 0.6) is 0 Å². The average Bonchev–Trinajstić information content (AvgIpc) is 2.91. The standard InChI is InChI=1S/C14H16FNO4S/c1-10-8-12(15)3-2-11(10)6-7-16-21(18,19)14-5-4-13(9-17)20-14/h2-5,8,16-17H,6-7,9H2,1H3. The molecule has 2 N–H and O–H groups in total. The van der Waals surface area contributed by atoms with E-state index in [1.807, 2.05) is 0 Å². The summed E-state index contributed by atoms with van der Waals surface area (Å²) in [7, 11) is -3.74. The van der Waals surface area contributed by atoms with Crippen LogP contribution in [0.25, 0.3) is 0 Å². The molecule has 0 aliphatic heterocycles. The number of aliphatic hydroxyl groups is 1. The molecule has 0 bridgehead atoms. The summed E-state index contributed by atoms with van der Waals surface area (Å²) >= 11 is 0. The molecule has 0 amide bonds. The van der Waals surface area contributed by atoms with E-state index >= 15 is 0 Å². The minimum Gasteiger partial charge on any atom is -0.446 e. The van der Waals surface area contributed by atoms with Gasteiger partial charge in [0.15, 0.2) is 0 Å². The quantitative estimate of drug-likeness (QED) is 0.851. The minimum absolute atomic E-state index is 0.171. The molecular weight excluding hydrogens is 297 g/mol. The lowest BCUT2D eigenvalue weighted by Crippen LogP contribution is -2.25. The molecule has 0 saturated heterocycles. The normalized spacial score (nSPS) is 11.8. The number of halogens is 1. The molecule has 0 fully saturated rings. The van der Waals surface area contributed by atoms with Crippen LogP contribution < -0.4 is 4.72 Å². The molecule has 114 valence electrons. The molecular formula is C14H16FNO4S. The molecule has 2 rings (SSSR count). The van der Waals surface area contributed by atoms with Crippen molar-refractivity contribution >= 4 is 10.0 Å². The van der Waals surface area contributed by atoms with Crippen LogP contribution in [0.2, 0.25) is 0 Å². The summed E-state index contributed by atoms with van der Waals surface area (Å²) in [4.78, 5) is 0. The Bertz CT molecular complexity index is 724. The molecule has 0 aliphatic carbocycles. The van der Waals surface area contributed by atoms with Crippen molar-refractivity contribution in [3.8, 4) is 0 Å². The number of aliphatic hydroxyl groups excluding tert-OH is 1. The fraction of sp³-hybridized carbons (Fsp3) is 0.286. The second kappa shape index (κ2) is 6.38. The van der Waals surface area contributed by atoms with Crippen molar-refractivity contribution in [3.05, 3.63) is 53.0 Å². The highest BCUT2D eigenvalue weighted by Crippen LogP contribution is 2.14. The van der Waals surface area contributed by atoms with Crippen LogP contribution in [-0.4, -0.2) is 20.1 Å². The van der Waals surface area contributed by atoms with Gasteiger partial charge < -0.3 is 9.52 Å². The highest BCUT2D eigenvalue weighted by Gasteiger charge is 2.18. The highest BCUT2D eigenvalue weighted by atomic mass is 32.2. The second-order valence-corrected chi connectivity index (χ2v) is 6.30. The lowest BCUT2D eigenvalue weighted by molar-refractivity contribution is 0.236. The van der Waals surface area contributed by atoms with Gasteiger partial charge in [-0.3, -0.25) is 0 Å². The first-order chi connectivity index (χ1) is 9.92. The molecule has 0 unspecified atom stereocenters. The van der Waals surface area contributed by atoms with Gasteiger partial charge in [-0.15, -0.1) is 0 Å². The summed E-state index contributed by atoms with van der Waals surface area (Å²) < 4.78 is 44.3. The monoisotopic (exact) mass is 313 g/mol. The Balaban J connectivity index is 1.99. The Morgan fingerprint density at radius 1 is 1.29 bits per heavy atom. The van der Waals surface area contributed by atoms with Crippen LogP contribution in [0, 0.1) is 12.7 Å². The predicted octanol–water partition coefficient (Wildman–Crippen LogP) is 1.74. The molecule has 7 heteroatoms. The Labute approximate surface area is 122 Å². The van der Waals surface area contributed by atoms with Crippen molar-refractivity contribution in [2.24, 2.45) is 0 Å². The molecule has 0 atom stereocenters. The van der Waals surface area contributed by atoms with E-state index in [0.717, 1.165) is 11.1 Å². The van der Waals surface area contributed by atoms with Gasteiger partial charge in [-0.2, -0.15) is 0 Å². The van der Waals surface area contributed by atoms with Crippen molar-refractivity contribution in [1.29, 1.82) is 0 Å². The first-order valence-corrected chi connectivity index (χ1v) is 7.85. The van der Waals surface area contributed by atoms with Gasteiger partial charge >= 0.3 is 0 Å². The number of furan rings is 1. The van der Waals surface area contributed by atoms with Crippen molar-refractivity contribution in [2.45, 2.75) is 25.0 Å². The molecule has 1 aromatic carbocycles. The van der Waals surface area contributed by atoms with E-state index in [0.29, 0.717) is 6.42 Å². The maximum Gasteiger partial charge on any atom is 0.273 e. The highest BCUT2D eigenvalue weighted by molar-refractivity contribution is 7.89. The molecule has 21 heavy (non-hydrogen) atoms. The molecule has 2 aromatic rings. The van der Waals surface area contributed by atoms with Gasteiger partial charge in [-0.1, -0.05) is 6.07 Å². The van der Waals surface area contributed by atoms with E-state index < -0.39 is 10.0 Å². The smallest absolute Gasteiger partial charge is 0.273 e. The molecule has 1 aromatic heterocycles. The first kappa shape index (κ1) is 15.7. The number of hydrogen-bond acceptors (Lipinski definition) is 4. The Morgan fingerprint density at radius 2 is 2.05 bits per heavy atom. The van der Waals surface area contributed by atoms with Gasteiger partial charge in [0.2, 0.25) is 5.09 Å². The maximum absolute atomic E-state index is 13.0. The van der Waals surface area contributed by atoms with E-state index in [4.69, 9.17) is 9.52 Å². The molecule has 0 aliphatic rings. The number of aryl methyl sites for hydroxylation is 1. The van der Waals surface area contributed by atoms with Gasteiger partial charge in [0.1, 0.15) is 18.2 Å². The Hall–Kier alpha value is -1.70. The lowest BCUT2D eigenvalue weighted by Gasteiger charge is -2.07. The molecule has 5 nitrogen and oxygen atoms in total. The van der Waals surface area contributed by atoms with Gasteiger partial charge in [-0.25, -0.2) is 17.5 Å². The number of hydrogen-bond donors (Lipinski definition) is 2. The molecule has 1 heterocycles. The van der Waals surface area contributed by atoms with Crippen molar-refractivity contribution in [3.63, 3.8) is 0 Å². The number of nitrogens with one attached hydrogen (secondary N) is 1. The summed E-state index contributed by atoms with van der Waals surface area (Å²) in [6.45, 7) is 1.58. The zero-order valence-electron chi connectivity index (χ0n) is 11.5. The van der Waals surface area contributed by atoms with E-state index in [9.17, 15) is 12.8 Å². The van der Waals surface area contributed by atoms with Crippen molar-refractivity contribution < 1.29 is 22.3 Å². The largest absolute Gasteiger partial charge is 0.446 e. The fourth-order valence-corrected chi connectivity index (χ4v) is 2.90. The van der Waals surface area contributed by atoms with E-state index in [2.05, 4.69) is 4.72 Å². The summed E-state index contributed by atoms with van der Waals surface area (Å²) in [6, 6.07) is 7.08. The van der Waals surface area contributed by atoms with Crippen LogP contribution in [0.3, 0.4) is 0 Å². The minimum atomic E-state index is -3.74. The summed E-state index contributed by atoms with van der Waals surface area (Å²) in [5.74, 6) is -0.131. The summed E-state index contributed by atoms with van der Waals surface area (Å²) in [5.41, 5.74) is 1.64. The number of rotatable bonds is 6. The first-order valence-electron chi connectivity index (χ1n) is 6.36. The SMILES string of the molecule is Cc1cc(F)ccc1CCNS(=O)(=O)c1ccc(CO)o1. The van der Waals surface area contributed by atoms with E-state index in [1.165, 1.54) is 24.3 Å². The zero-order valence-corrected chi connectivity index (χ0v) is 12.3. The molecule has 0 radical (unpaired) electrons. The van der Waals surface area contributed by atoms with Crippen LogP contribution in [-0.2, 0) is 23.1 Å². The third-order valence-corrected chi connectivity index (χ3v) is 4.38. The van der Waals surface area contributed by atoms with Gasteiger partial charge in [0.05, 0.1) is 0 Å². The average molecular weight is 313 g/mol. The fourth-order valence-electron chi connectivity index (χ4n) is 1.92. The Morgan fingerprint density at radius 3 is 2.67 bits per heavy atom. The van der Waals surface area contributed by atoms with Crippen molar-refractivity contribution in [2.75, 3.05) is 6.54 Å². The van der Waals surface area contributed by atoms with E-state index in [-0.39, 0.29) is 29.8 Å². The van der Waals surface area contributed by atoms with E-state index in [1.54, 1.807) is 13.0 Å². The van der Waals surface area contributed by atoms with Crippen LogP contribution >= 0.6 is 0 Å². The predicted molar refractivity (Wildman–Crippen MR) is 74.7 cm³/mol. The Kier molecular flexibility index (Phi) is 4.76. The van der Waals surface area contributed by atoms with Crippen LogP contribution in [0.4, 0.5) is 4.39 Å². The summed E-state index contributed by atoms with van der Waals surface area (Å²) in [5, 5.41) is 8.62. The van der Waals surface area contributed by atoms with Gasteiger partial charge in [0, 0.05) is 6.54 Å². The lowest BCUT2D eigenvalue weighted by atomic mass is 10.1. The van der Waals surface area contributed by atoms with Crippen LogP contribution in [0.1, 0.15) is 16.9 Å². The van der Waals surface area contributed by atoms with Gasteiger partial charge in [-0.05, 0) is 48.7 Å². The molecule has 0 saturated carbocycles. The topological polar surface area (TPSA) is 79.5 Å². The second-order valence-electron chi connectivity index (χ2n) is 4.60. The molecule has 0 spiro atoms. The van der Waals surface area contributed by atoms with Gasteiger partial charge in [0.25, 0.3) is 10.0 Å². The summed E-state index contributed by atoms with van der Waals surface area (Å²) in [6.07, 6.45) is 0.443. The number of benzene rings is 1. The third kappa shape index (κ3) is 3.90. The third-order valence-electron chi connectivity index (χ3n) is 3.05. The van der Waals surface area contributed by atoms with Crippen LogP contribution in [0.15, 0.2) is 39.8 Å².